The Kier molecular flexibility index (Phi) is 2.89. The predicted octanol–water partition coefficient (Wildman–Crippen LogP) is 3.39. The number of H-pyrrole nitrogens is 1. The molecule has 1 aliphatic carbocycles. The minimum absolute atomic E-state index is 0.0317. The van der Waals surface area contributed by atoms with Crippen molar-refractivity contribution in [2.75, 3.05) is 0 Å². The van der Waals surface area contributed by atoms with Crippen LogP contribution in [-0.2, 0) is 6.18 Å². The molecule has 3 nitrogen and oxygen atoms in total. The first-order chi connectivity index (χ1) is 7.89. The molecule has 0 unspecified atom stereocenters. The van der Waals surface area contributed by atoms with Gasteiger partial charge in [0.1, 0.15) is 5.69 Å². The summed E-state index contributed by atoms with van der Waals surface area (Å²) in [5.41, 5.74) is -1.43. The number of carboxylic acids is 1. The van der Waals surface area contributed by atoms with Crippen LogP contribution >= 0.6 is 0 Å². The van der Waals surface area contributed by atoms with E-state index in [1.54, 1.807) is 0 Å². The van der Waals surface area contributed by atoms with Crippen molar-refractivity contribution >= 4 is 5.97 Å². The maximum absolute atomic E-state index is 12.6. The zero-order valence-electron chi connectivity index (χ0n) is 8.97. The van der Waals surface area contributed by atoms with Crippen LogP contribution in [0.25, 0.3) is 0 Å². The molecule has 0 saturated heterocycles. The fourth-order valence-electron chi connectivity index (χ4n) is 2.32. The Hall–Kier alpha value is -1.46. The second-order valence-electron chi connectivity index (χ2n) is 4.30. The first-order valence-electron chi connectivity index (χ1n) is 5.43. The van der Waals surface area contributed by atoms with Crippen molar-refractivity contribution in [1.82, 2.24) is 4.98 Å². The molecule has 0 radical (unpaired) electrons. The predicted molar refractivity (Wildman–Crippen MR) is 54.0 cm³/mol. The first kappa shape index (κ1) is 12.0. The van der Waals surface area contributed by atoms with Crippen molar-refractivity contribution < 1.29 is 23.1 Å². The summed E-state index contributed by atoms with van der Waals surface area (Å²) in [7, 11) is 0. The van der Waals surface area contributed by atoms with Gasteiger partial charge in [-0.1, -0.05) is 12.8 Å². The van der Waals surface area contributed by atoms with Crippen LogP contribution in [0, 0.1) is 0 Å². The zero-order valence-corrected chi connectivity index (χ0v) is 8.97. The van der Waals surface area contributed by atoms with Crippen LogP contribution < -0.4 is 0 Å². The number of alkyl halides is 3. The molecule has 1 aromatic heterocycles. The fraction of sp³-hybridized carbons (Fsp3) is 0.545. The van der Waals surface area contributed by atoms with E-state index < -0.39 is 23.4 Å². The lowest BCUT2D eigenvalue weighted by molar-refractivity contribution is -0.141. The summed E-state index contributed by atoms with van der Waals surface area (Å²) in [6, 6.07) is 1.13. The van der Waals surface area contributed by atoms with Crippen LogP contribution in [0.4, 0.5) is 13.2 Å². The highest BCUT2D eigenvalue weighted by Crippen LogP contribution is 2.38. The minimum Gasteiger partial charge on any atom is -0.478 e. The maximum atomic E-state index is 12.6. The topological polar surface area (TPSA) is 53.1 Å². The average molecular weight is 247 g/mol. The van der Waals surface area contributed by atoms with E-state index in [0.717, 1.165) is 31.7 Å². The molecule has 17 heavy (non-hydrogen) atoms. The molecule has 1 saturated carbocycles. The largest absolute Gasteiger partial charge is 0.478 e. The van der Waals surface area contributed by atoms with Gasteiger partial charge in [-0.2, -0.15) is 13.2 Å². The van der Waals surface area contributed by atoms with Gasteiger partial charge in [-0.25, -0.2) is 4.79 Å². The third kappa shape index (κ3) is 2.30. The van der Waals surface area contributed by atoms with Gasteiger partial charge in [0.05, 0.1) is 5.56 Å². The number of rotatable bonds is 2. The molecular formula is C11H12F3NO2. The lowest BCUT2D eigenvalue weighted by atomic mass is 10.0. The van der Waals surface area contributed by atoms with Gasteiger partial charge in [0, 0.05) is 5.69 Å². The Bertz CT molecular complexity index is 430. The second kappa shape index (κ2) is 4.09. The van der Waals surface area contributed by atoms with Gasteiger partial charge in [-0.3, -0.25) is 0 Å². The van der Waals surface area contributed by atoms with Crippen LogP contribution in [-0.4, -0.2) is 16.1 Å². The van der Waals surface area contributed by atoms with Gasteiger partial charge in [-0.15, -0.1) is 0 Å². The molecule has 0 aromatic carbocycles. The van der Waals surface area contributed by atoms with Crippen LogP contribution in [0.1, 0.15) is 53.3 Å². The van der Waals surface area contributed by atoms with Crippen LogP contribution in [0.5, 0.6) is 0 Å². The van der Waals surface area contributed by atoms with E-state index in [2.05, 4.69) is 4.98 Å². The highest BCUT2D eigenvalue weighted by atomic mass is 19.4. The third-order valence-electron chi connectivity index (χ3n) is 3.15. The van der Waals surface area contributed by atoms with Gasteiger partial charge in [0.2, 0.25) is 0 Å². The van der Waals surface area contributed by atoms with Gasteiger partial charge >= 0.3 is 12.1 Å². The van der Waals surface area contributed by atoms with Gasteiger partial charge < -0.3 is 10.1 Å². The number of hydrogen-bond acceptors (Lipinski definition) is 1. The molecule has 1 heterocycles. The highest BCUT2D eigenvalue weighted by molar-refractivity contribution is 5.89. The Balaban J connectivity index is 2.40. The lowest BCUT2D eigenvalue weighted by Gasteiger charge is -2.07. The summed E-state index contributed by atoms with van der Waals surface area (Å²) in [6.45, 7) is 0. The minimum atomic E-state index is -4.65. The summed E-state index contributed by atoms with van der Waals surface area (Å²) in [6.07, 6.45) is -1.06. The van der Waals surface area contributed by atoms with Gasteiger partial charge in [0.15, 0.2) is 0 Å². The number of hydrogen-bond donors (Lipinski definition) is 2. The summed E-state index contributed by atoms with van der Waals surface area (Å²) >= 11 is 0. The number of carbonyl (C=O) groups is 1. The molecule has 2 N–H and O–H groups in total. The van der Waals surface area contributed by atoms with Crippen LogP contribution in [0.2, 0.25) is 0 Å². The van der Waals surface area contributed by atoms with Crippen molar-refractivity contribution in [1.29, 1.82) is 0 Å². The monoisotopic (exact) mass is 247 g/mol. The third-order valence-corrected chi connectivity index (χ3v) is 3.15. The lowest BCUT2D eigenvalue weighted by Crippen LogP contribution is -2.11. The Morgan fingerprint density at radius 3 is 2.35 bits per heavy atom. The van der Waals surface area contributed by atoms with Crippen LogP contribution in [0.15, 0.2) is 6.07 Å². The number of aromatic amines is 1. The molecule has 1 aromatic rings. The quantitative estimate of drug-likeness (QED) is 0.841. The molecule has 0 aliphatic heterocycles. The number of nitrogens with one attached hydrogen (secondary N) is 1. The Labute approximate surface area is 95.6 Å². The van der Waals surface area contributed by atoms with Gasteiger partial charge in [0.25, 0.3) is 0 Å². The Morgan fingerprint density at radius 1 is 1.35 bits per heavy atom. The SMILES string of the molecule is O=C(O)c1cc(C2CCCC2)[nH]c1C(F)(F)F. The molecule has 2 rings (SSSR count). The molecule has 1 aliphatic rings. The first-order valence-corrected chi connectivity index (χ1v) is 5.43. The van der Waals surface area contributed by atoms with Gasteiger partial charge in [-0.05, 0) is 24.8 Å². The average Bonchev–Trinajstić information content (AvgIpc) is 2.85. The summed E-state index contributed by atoms with van der Waals surface area (Å²) in [5.74, 6) is -1.51. The van der Waals surface area contributed by atoms with E-state index in [1.165, 1.54) is 0 Å². The second-order valence-corrected chi connectivity index (χ2v) is 4.30. The summed E-state index contributed by atoms with van der Waals surface area (Å²) in [4.78, 5) is 13.0. The number of carboxylic acid groups (broad SMARTS) is 1. The van der Waals surface area contributed by atoms with E-state index in [0.29, 0.717) is 5.69 Å². The Morgan fingerprint density at radius 2 is 1.94 bits per heavy atom. The van der Waals surface area contributed by atoms with E-state index in [4.69, 9.17) is 5.11 Å². The van der Waals surface area contributed by atoms with Crippen molar-refractivity contribution in [2.24, 2.45) is 0 Å². The number of aromatic nitrogens is 1. The van der Waals surface area contributed by atoms with Crippen molar-refractivity contribution in [3.05, 3.63) is 23.0 Å². The maximum Gasteiger partial charge on any atom is 0.432 e. The van der Waals surface area contributed by atoms with Crippen LogP contribution in [0.3, 0.4) is 0 Å². The zero-order chi connectivity index (χ0) is 12.6. The number of aromatic carboxylic acids is 1. The van der Waals surface area contributed by atoms with Crippen molar-refractivity contribution in [3.63, 3.8) is 0 Å². The molecule has 0 amide bonds. The molecular weight excluding hydrogens is 235 g/mol. The van der Waals surface area contributed by atoms with E-state index >= 15 is 0 Å². The smallest absolute Gasteiger partial charge is 0.432 e. The van der Waals surface area contributed by atoms with Crippen molar-refractivity contribution in [2.45, 2.75) is 37.8 Å². The number of halogens is 3. The summed E-state index contributed by atoms with van der Waals surface area (Å²) in [5, 5.41) is 8.77. The summed E-state index contributed by atoms with van der Waals surface area (Å²) < 4.78 is 37.8. The molecule has 0 atom stereocenters. The molecule has 94 valence electrons. The molecule has 1 fully saturated rings. The van der Waals surface area contributed by atoms with E-state index in [-0.39, 0.29) is 5.92 Å². The molecule has 0 bridgehead atoms. The van der Waals surface area contributed by atoms with Crippen molar-refractivity contribution in [3.8, 4) is 0 Å². The molecule has 0 spiro atoms. The van der Waals surface area contributed by atoms with E-state index in [1.807, 2.05) is 0 Å². The fourth-order valence-corrected chi connectivity index (χ4v) is 2.32. The highest BCUT2D eigenvalue weighted by Gasteiger charge is 2.38. The standard InChI is InChI=1S/C11H12F3NO2/c12-11(13,14)9-7(10(16)17)5-8(15-9)6-3-1-2-4-6/h5-6,15H,1-4H2,(H,16,17). The van der Waals surface area contributed by atoms with E-state index in [9.17, 15) is 18.0 Å². The normalized spacial score (nSPS) is 17.6. The molecule has 6 heteroatoms.